The number of benzene rings is 1. The zero-order valence-electron chi connectivity index (χ0n) is 10.9. The number of hydrogen-bond acceptors (Lipinski definition) is 2. The van der Waals surface area contributed by atoms with E-state index in [9.17, 15) is 9.18 Å². The lowest BCUT2D eigenvalue weighted by Crippen LogP contribution is -2.51. The number of rotatable bonds is 2. The minimum Gasteiger partial charge on any atom is -0.332 e. The fourth-order valence-corrected chi connectivity index (χ4v) is 3.10. The molecular formula is C14H18BrFN2O. The molecule has 1 saturated heterocycles. The van der Waals surface area contributed by atoms with E-state index in [1.54, 1.807) is 6.07 Å². The molecule has 1 amide bonds. The Kier molecular flexibility index (Phi) is 4.58. The van der Waals surface area contributed by atoms with E-state index in [4.69, 9.17) is 5.73 Å². The highest BCUT2D eigenvalue weighted by atomic mass is 79.9. The van der Waals surface area contributed by atoms with Gasteiger partial charge in [-0.25, -0.2) is 4.39 Å². The van der Waals surface area contributed by atoms with Crippen LogP contribution in [0.1, 0.15) is 36.5 Å². The van der Waals surface area contributed by atoms with Crippen molar-refractivity contribution >= 4 is 21.8 Å². The molecular weight excluding hydrogens is 311 g/mol. The molecule has 2 rings (SSSR count). The second kappa shape index (κ2) is 6.01. The maximum Gasteiger partial charge on any atom is 0.255 e. The molecule has 1 aliphatic heterocycles. The van der Waals surface area contributed by atoms with Gasteiger partial charge in [0.25, 0.3) is 5.91 Å². The normalized spacial score (nSPS) is 23.5. The third kappa shape index (κ3) is 2.98. The Balaban J connectivity index is 2.33. The Hall–Kier alpha value is -0.940. The number of carbonyl (C=O) groups is 1. The number of nitrogens with zero attached hydrogens (tertiary/aromatic N) is 1. The van der Waals surface area contributed by atoms with E-state index in [1.807, 2.05) is 11.8 Å². The molecule has 0 aliphatic carbocycles. The summed E-state index contributed by atoms with van der Waals surface area (Å²) in [6.07, 6.45) is 2.96. The van der Waals surface area contributed by atoms with Crippen molar-refractivity contribution in [1.29, 1.82) is 0 Å². The molecule has 104 valence electrons. The Labute approximate surface area is 121 Å². The molecule has 3 nitrogen and oxygen atoms in total. The van der Waals surface area contributed by atoms with Gasteiger partial charge in [0.05, 0.1) is 5.56 Å². The summed E-state index contributed by atoms with van der Waals surface area (Å²) in [6, 6.07) is 4.37. The van der Waals surface area contributed by atoms with Gasteiger partial charge >= 0.3 is 0 Å². The van der Waals surface area contributed by atoms with Crippen LogP contribution >= 0.6 is 15.9 Å². The van der Waals surface area contributed by atoms with Crippen LogP contribution in [0.25, 0.3) is 0 Å². The number of piperidine rings is 1. The first kappa shape index (κ1) is 14.5. The SMILES string of the molecule is CC1CCCC(CN)N1C(=O)c1cc(F)ccc1Br. The topological polar surface area (TPSA) is 46.3 Å². The third-order valence-electron chi connectivity index (χ3n) is 3.69. The van der Waals surface area contributed by atoms with Gasteiger partial charge < -0.3 is 10.6 Å². The molecule has 2 unspecified atom stereocenters. The quantitative estimate of drug-likeness (QED) is 0.907. The molecule has 1 heterocycles. The van der Waals surface area contributed by atoms with Gasteiger partial charge in [0, 0.05) is 23.1 Å². The van der Waals surface area contributed by atoms with Gasteiger partial charge in [0.15, 0.2) is 0 Å². The van der Waals surface area contributed by atoms with Crippen molar-refractivity contribution in [2.45, 2.75) is 38.3 Å². The zero-order valence-corrected chi connectivity index (χ0v) is 12.5. The van der Waals surface area contributed by atoms with Crippen LogP contribution in [0.5, 0.6) is 0 Å². The fourth-order valence-electron chi connectivity index (χ4n) is 2.68. The third-order valence-corrected chi connectivity index (χ3v) is 4.38. The summed E-state index contributed by atoms with van der Waals surface area (Å²) in [6.45, 7) is 2.47. The summed E-state index contributed by atoms with van der Waals surface area (Å²) in [4.78, 5) is 14.4. The van der Waals surface area contributed by atoms with Crippen molar-refractivity contribution in [3.8, 4) is 0 Å². The van der Waals surface area contributed by atoms with Crippen molar-refractivity contribution in [3.05, 3.63) is 34.1 Å². The van der Waals surface area contributed by atoms with Gasteiger partial charge in [-0.2, -0.15) is 0 Å². The maximum absolute atomic E-state index is 13.3. The van der Waals surface area contributed by atoms with Crippen molar-refractivity contribution in [2.24, 2.45) is 5.73 Å². The van der Waals surface area contributed by atoms with Gasteiger partial charge in [-0.1, -0.05) is 0 Å². The van der Waals surface area contributed by atoms with Crippen LogP contribution in [-0.4, -0.2) is 29.4 Å². The van der Waals surface area contributed by atoms with E-state index in [-0.39, 0.29) is 18.0 Å². The number of carbonyl (C=O) groups excluding carboxylic acids is 1. The predicted molar refractivity (Wildman–Crippen MR) is 76.4 cm³/mol. The first-order valence-corrected chi connectivity index (χ1v) is 7.31. The van der Waals surface area contributed by atoms with Crippen LogP contribution < -0.4 is 5.73 Å². The molecule has 19 heavy (non-hydrogen) atoms. The molecule has 1 aliphatic rings. The molecule has 1 fully saturated rings. The molecule has 2 N–H and O–H groups in total. The molecule has 0 saturated carbocycles. The highest BCUT2D eigenvalue weighted by Gasteiger charge is 2.32. The van der Waals surface area contributed by atoms with Crippen molar-refractivity contribution in [1.82, 2.24) is 4.90 Å². The van der Waals surface area contributed by atoms with Gasteiger partial charge in [0.2, 0.25) is 0 Å². The summed E-state index contributed by atoms with van der Waals surface area (Å²) >= 11 is 3.31. The Bertz CT molecular complexity index is 481. The minimum absolute atomic E-state index is 0.0476. The standard InChI is InChI=1S/C14H18BrFN2O/c1-9-3-2-4-11(8-17)18(9)14(19)12-7-10(16)5-6-13(12)15/h5-7,9,11H,2-4,8,17H2,1H3. The molecule has 0 bridgehead atoms. The lowest BCUT2D eigenvalue weighted by atomic mass is 9.95. The van der Waals surface area contributed by atoms with Gasteiger partial charge in [-0.3, -0.25) is 4.79 Å². The number of amides is 1. The molecule has 0 spiro atoms. The largest absolute Gasteiger partial charge is 0.332 e. The van der Waals surface area contributed by atoms with Crippen LogP contribution in [0.4, 0.5) is 4.39 Å². The first-order chi connectivity index (χ1) is 9.04. The van der Waals surface area contributed by atoms with Gasteiger partial charge in [-0.15, -0.1) is 0 Å². The van der Waals surface area contributed by atoms with E-state index in [0.717, 1.165) is 19.3 Å². The Morgan fingerprint density at radius 1 is 1.53 bits per heavy atom. The minimum atomic E-state index is -0.402. The van der Waals surface area contributed by atoms with E-state index in [1.165, 1.54) is 12.1 Å². The van der Waals surface area contributed by atoms with Crippen LogP contribution in [0.3, 0.4) is 0 Å². The number of hydrogen-bond donors (Lipinski definition) is 1. The van der Waals surface area contributed by atoms with Crippen LogP contribution in [0.2, 0.25) is 0 Å². The molecule has 0 aromatic heterocycles. The Morgan fingerprint density at radius 2 is 2.26 bits per heavy atom. The van der Waals surface area contributed by atoms with Crippen molar-refractivity contribution < 1.29 is 9.18 Å². The number of halogens is 2. The molecule has 5 heteroatoms. The second-order valence-electron chi connectivity index (χ2n) is 5.01. The van der Waals surface area contributed by atoms with E-state index in [2.05, 4.69) is 15.9 Å². The second-order valence-corrected chi connectivity index (χ2v) is 5.86. The summed E-state index contributed by atoms with van der Waals surface area (Å²) in [5.41, 5.74) is 6.13. The molecule has 1 aromatic carbocycles. The zero-order chi connectivity index (χ0) is 14.0. The van der Waals surface area contributed by atoms with Crippen molar-refractivity contribution in [2.75, 3.05) is 6.54 Å². The van der Waals surface area contributed by atoms with Crippen LogP contribution in [0, 0.1) is 5.82 Å². The van der Waals surface area contributed by atoms with E-state index < -0.39 is 5.82 Å². The highest BCUT2D eigenvalue weighted by molar-refractivity contribution is 9.10. The van der Waals surface area contributed by atoms with Gasteiger partial charge in [-0.05, 0) is 60.3 Å². The highest BCUT2D eigenvalue weighted by Crippen LogP contribution is 2.27. The Morgan fingerprint density at radius 3 is 2.95 bits per heavy atom. The van der Waals surface area contributed by atoms with Crippen molar-refractivity contribution in [3.63, 3.8) is 0 Å². The summed E-state index contributed by atoms with van der Waals surface area (Å²) in [7, 11) is 0. The lowest BCUT2D eigenvalue weighted by Gasteiger charge is -2.40. The summed E-state index contributed by atoms with van der Waals surface area (Å²) in [5.74, 6) is -0.547. The molecule has 2 atom stereocenters. The fraction of sp³-hybridized carbons (Fsp3) is 0.500. The monoisotopic (exact) mass is 328 g/mol. The summed E-state index contributed by atoms with van der Waals surface area (Å²) < 4.78 is 14.0. The average molecular weight is 329 g/mol. The van der Waals surface area contributed by atoms with Gasteiger partial charge in [0.1, 0.15) is 5.82 Å². The van der Waals surface area contributed by atoms with E-state index in [0.29, 0.717) is 16.6 Å². The lowest BCUT2D eigenvalue weighted by molar-refractivity contribution is 0.0492. The van der Waals surface area contributed by atoms with Crippen LogP contribution in [-0.2, 0) is 0 Å². The number of likely N-dealkylation sites (tertiary alicyclic amines) is 1. The molecule has 0 radical (unpaired) electrons. The maximum atomic E-state index is 13.3. The number of nitrogens with two attached hydrogens (primary N) is 1. The molecule has 1 aromatic rings. The first-order valence-electron chi connectivity index (χ1n) is 6.52. The predicted octanol–water partition coefficient (Wildman–Crippen LogP) is 2.93. The smallest absolute Gasteiger partial charge is 0.255 e. The summed E-state index contributed by atoms with van der Waals surface area (Å²) in [5, 5.41) is 0. The van der Waals surface area contributed by atoms with Crippen LogP contribution in [0.15, 0.2) is 22.7 Å². The van der Waals surface area contributed by atoms with E-state index >= 15 is 0 Å². The average Bonchev–Trinajstić information content (AvgIpc) is 2.40.